The van der Waals surface area contributed by atoms with Crippen LogP contribution in [0.15, 0.2) is 60.7 Å². The third-order valence-corrected chi connectivity index (χ3v) is 73.9. The van der Waals surface area contributed by atoms with Gasteiger partial charge in [0.05, 0.1) is 0 Å². The molecule has 10 aliphatic rings. The molecule has 0 N–H and O–H groups in total. The standard InChI is InChI=1S/C17H10Cl2.C5H5.Fe.Pd/c18-15-11-14(12-7-3-1-4-8-12)16(17(15)19)13-9-5-2-6-10-13;1-2-4-5-3-1;;/h1-10H;1-5H;;. The molecule has 0 amide bonds. The van der Waals surface area contributed by atoms with Crippen LogP contribution in [0.5, 0.6) is 0 Å². The second-order valence-electron chi connectivity index (χ2n) is 12.4. The SMILES string of the molecule is Cl[C]12[C]3(Cl)[C]4(c5ccccc5)[C]5(c6ccccc6)[C]1([Pd])[Fe]23451678[CH]2[CH]1[CH]6[CH]7[CH]28. The van der Waals surface area contributed by atoms with Gasteiger partial charge in [-0.05, 0) is 0 Å². The predicted molar refractivity (Wildman–Crippen MR) is 94.9 cm³/mol. The van der Waals surface area contributed by atoms with Crippen LogP contribution < -0.4 is 0 Å². The molecular weight excluding hydrogens is 497 g/mol. The van der Waals surface area contributed by atoms with E-state index in [-0.39, 0.29) is 14.6 Å². The van der Waals surface area contributed by atoms with Gasteiger partial charge in [0.15, 0.2) is 0 Å². The molecule has 5 atom stereocenters. The van der Waals surface area contributed by atoms with Crippen LogP contribution >= 0.6 is 23.2 Å². The zero-order valence-corrected chi connectivity index (χ0v) is 17.8. The maximum atomic E-state index is 7.99. The van der Waals surface area contributed by atoms with E-state index in [2.05, 4.69) is 79.9 Å². The van der Waals surface area contributed by atoms with Crippen molar-refractivity contribution in [2.24, 2.45) is 0 Å². The summed E-state index contributed by atoms with van der Waals surface area (Å²) in [5.41, 5.74) is 3.17. The summed E-state index contributed by atoms with van der Waals surface area (Å²) in [6.45, 7) is -4.38. The van der Waals surface area contributed by atoms with Crippen LogP contribution in [0, 0.1) is 0 Å². The Morgan fingerprint density at radius 3 is 1.46 bits per heavy atom. The first-order valence-electron chi connectivity index (χ1n) is 9.68. The molecule has 0 radical (unpaired) electrons. The second kappa shape index (κ2) is 1.31. The molecule has 10 fully saturated rings. The number of fused-ring (bicyclic) bond motifs is 10. The van der Waals surface area contributed by atoms with Gasteiger partial charge in [-0.1, -0.05) is 0 Å². The number of hydrogen-bond donors (Lipinski definition) is 0. The monoisotopic (exact) mass is 511 g/mol. The van der Waals surface area contributed by atoms with Gasteiger partial charge in [0.25, 0.3) is 0 Å². The molecule has 0 saturated carbocycles. The van der Waals surface area contributed by atoms with E-state index in [0.717, 1.165) is 24.1 Å². The molecule has 2 aromatic carbocycles. The number of halogens is 2. The van der Waals surface area contributed by atoms with Crippen LogP contribution in [0.3, 0.4) is 0 Å². The Morgan fingerprint density at radius 2 is 1.08 bits per heavy atom. The van der Waals surface area contributed by atoms with Crippen molar-refractivity contribution in [3.63, 3.8) is 0 Å². The first kappa shape index (κ1) is 12.0. The van der Waals surface area contributed by atoms with Crippen LogP contribution in [0.4, 0.5) is 0 Å². The van der Waals surface area contributed by atoms with Crippen LogP contribution in [0.1, 0.15) is 11.1 Å². The first-order chi connectivity index (χ1) is 12.3. The summed E-state index contributed by atoms with van der Waals surface area (Å²) < 4.78 is 0.738. The normalized spacial score (nSPS) is 93.3. The van der Waals surface area contributed by atoms with Gasteiger partial charge in [0.2, 0.25) is 0 Å². The number of benzene rings is 2. The summed E-state index contributed by atoms with van der Waals surface area (Å²) >= 11 is 20.0. The molecule has 0 aliphatic carbocycles. The second-order valence-corrected chi connectivity index (χ2v) is 38.2. The molecule has 10 heterocycles. The van der Waals surface area contributed by atoms with Gasteiger partial charge in [-0.25, -0.2) is 0 Å². The quantitative estimate of drug-likeness (QED) is 0.355. The molecule has 2 aromatic rings. The molecule has 12 rings (SSSR count). The topological polar surface area (TPSA) is 0 Å². The predicted octanol–water partition coefficient (Wildman–Crippen LogP) is 5.76. The van der Waals surface area contributed by atoms with Gasteiger partial charge in [0.1, 0.15) is 0 Å². The molecule has 0 aromatic heterocycles. The van der Waals surface area contributed by atoms with Crippen molar-refractivity contribution < 1.29 is 25.7 Å². The van der Waals surface area contributed by atoms with Crippen molar-refractivity contribution in [3.05, 3.63) is 71.8 Å². The van der Waals surface area contributed by atoms with Crippen molar-refractivity contribution >= 4 is 23.2 Å². The Labute approximate surface area is 162 Å². The van der Waals surface area contributed by atoms with Crippen molar-refractivity contribution in [2.75, 3.05) is 0 Å². The van der Waals surface area contributed by atoms with Gasteiger partial charge in [-0.2, -0.15) is 0 Å². The van der Waals surface area contributed by atoms with Crippen molar-refractivity contribution in [1.82, 2.24) is 0 Å². The molecule has 26 heavy (non-hydrogen) atoms. The molecular formula is C22H15Cl2FePd. The van der Waals surface area contributed by atoms with E-state index in [1.54, 1.807) is 11.1 Å². The minimum absolute atomic E-state index is 0.0280. The molecule has 0 nitrogen and oxygen atoms in total. The van der Waals surface area contributed by atoms with Crippen molar-refractivity contribution in [1.29, 1.82) is 0 Å². The Bertz CT molecular complexity index is 1510. The minimum atomic E-state index is -4.38. The summed E-state index contributed by atoms with van der Waals surface area (Å²) in [5, 5.41) is 0. The van der Waals surface area contributed by atoms with E-state index in [4.69, 9.17) is 23.2 Å². The van der Waals surface area contributed by atoms with E-state index >= 15 is 0 Å². The molecule has 4 heteroatoms. The number of rotatable bonds is 2. The average Bonchev–Trinajstić information content (AvgIpc) is 3.64. The van der Waals surface area contributed by atoms with E-state index in [0.29, 0.717) is 4.31 Å². The van der Waals surface area contributed by atoms with Gasteiger partial charge >= 0.3 is 164 Å². The summed E-state index contributed by atoms with van der Waals surface area (Å²) in [4.78, 5) is 4.81. The summed E-state index contributed by atoms with van der Waals surface area (Å²) in [6, 6.07) is 23.0. The zero-order valence-electron chi connectivity index (χ0n) is 13.6. The third-order valence-electron chi connectivity index (χ3n) is 17.1. The maximum absolute atomic E-state index is 7.99. The molecule has 10 aliphatic heterocycles. The average molecular weight is 513 g/mol. The Kier molecular flexibility index (Phi) is 0.605. The third kappa shape index (κ3) is 0.147. The van der Waals surface area contributed by atoms with Gasteiger partial charge in [-0.3, -0.25) is 0 Å². The first-order valence-corrected chi connectivity index (χ1v) is 17.2. The number of hydrogen-bond acceptors (Lipinski definition) is 0. The summed E-state index contributed by atoms with van der Waals surface area (Å²) in [7, 11) is 0. The van der Waals surface area contributed by atoms with E-state index < -0.39 is 6.51 Å². The molecule has 135 valence electrons. The van der Waals surface area contributed by atoms with E-state index in [9.17, 15) is 0 Å². The van der Waals surface area contributed by atoms with Gasteiger partial charge in [0, 0.05) is 0 Å². The zero-order chi connectivity index (χ0) is 16.9. The van der Waals surface area contributed by atoms with Crippen LogP contribution in [0.25, 0.3) is 0 Å². The van der Waals surface area contributed by atoms with E-state index in [1.807, 2.05) is 0 Å². The van der Waals surface area contributed by atoms with Crippen molar-refractivity contribution in [3.8, 4) is 0 Å². The van der Waals surface area contributed by atoms with E-state index in [1.165, 1.54) is 0 Å². The van der Waals surface area contributed by atoms with Gasteiger partial charge < -0.3 is 0 Å². The Morgan fingerprint density at radius 1 is 0.654 bits per heavy atom. The van der Waals surface area contributed by atoms with Crippen LogP contribution in [-0.2, 0) is 34.3 Å². The Hall–Kier alpha value is 0.202. The number of alkyl halides is 2. The molecule has 5 unspecified atom stereocenters. The fourth-order valence-corrected chi connectivity index (χ4v) is 120. The molecule has 1 spiro atoms. The summed E-state index contributed by atoms with van der Waals surface area (Å²) in [5.74, 6) is 0. The van der Waals surface area contributed by atoms with Crippen LogP contribution in [-0.4, -0.2) is 7.55 Å². The fourth-order valence-electron chi connectivity index (χ4n) is 19.5. The molecule has 10 saturated heterocycles. The van der Waals surface area contributed by atoms with Crippen LogP contribution in [0.2, 0.25) is 26.9 Å². The van der Waals surface area contributed by atoms with Crippen molar-refractivity contribution in [2.45, 2.75) is 43.0 Å². The van der Waals surface area contributed by atoms with Gasteiger partial charge in [-0.15, -0.1) is 0 Å². The summed E-state index contributed by atoms with van der Waals surface area (Å²) in [6.07, 6.45) is 0. The Balaban J connectivity index is 1.50. The molecule has 0 bridgehead atoms. The fraction of sp³-hybridized carbons (Fsp3) is 0.455.